The lowest BCUT2D eigenvalue weighted by Crippen LogP contribution is -1.95. The lowest BCUT2D eigenvalue weighted by molar-refractivity contribution is 1.10. The minimum atomic E-state index is 0.869. The zero-order valence-electron chi connectivity index (χ0n) is 15.6. The molecule has 3 heterocycles. The van der Waals surface area contributed by atoms with E-state index in [4.69, 9.17) is 5.41 Å². The fourth-order valence-corrected chi connectivity index (χ4v) is 4.90. The highest BCUT2D eigenvalue weighted by molar-refractivity contribution is 7.16. The average Bonchev–Trinajstić information content (AvgIpc) is 3.39. The molecule has 1 aromatic carbocycles. The SMILES string of the molecule is CNc1cc(-c2n[nH]c3c2Cc2sc(-c4ccc(C)nc4)cc2-3)ccc1C=N. The summed E-state index contributed by atoms with van der Waals surface area (Å²) in [6, 6.07) is 12.5. The molecule has 0 atom stereocenters. The summed E-state index contributed by atoms with van der Waals surface area (Å²) in [5, 5.41) is 18.6. The van der Waals surface area contributed by atoms with Gasteiger partial charge < -0.3 is 10.7 Å². The third-order valence-corrected chi connectivity index (χ3v) is 6.41. The maximum atomic E-state index is 7.54. The minimum Gasteiger partial charge on any atom is -0.388 e. The van der Waals surface area contributed by atoms with E-state index in [1.165, 1.54) is 27.1 Å². The first-order valence-electron chi connectivity index (χ1n) is 9.14. The third kappa shape index (κ3) is 2.57. The topological polar surface area (TPSA) is 77.5 Å². The van der Waals surface area contributed by atoms with Gasteiger partial charge in [-0.2, -0.15) is 5.10 Å². The second kappa shape index (κ2) is 6.42. The van der Waals surface area contributed by atoms with Crippen molar-refractivity contribution in [1.29, 1.82) is 5.41 Å². The summed E-state index contributed by atoms with van der Waals surface area (Å²) in [5.74, 6) is 0. The predicted molar refractivity (Wildman–Crippen MR) is 116 cm³/mol. The third-order valence-electron chi connectivity index (χ3n) is 5.23. The molecular formula is C22H19N5S. The molecule has 0 unspecified atom stereocenters. The Morgan fingerprint density at radius 1 is 1.18 bits per heavy atom. The predicted octanol–water partition coefficient (Wildman–Crippen LogP) is 5.12. The fourth-order valence-electron chi connectivity index (χ4n) is 3.73. The summed E-state index contributed by atoms with van der Waals surface area (Å²) in [6.45, 7) is 2.00. The zero-order chi connectivity index (χ0) is 19.3. The molecule has 0 spiro atoms. The van der Waals surface area contributed by atoms with Crippen LogP contribution in [0.1, 0.15) is 21.7 Å². The van der Waals surface area contributed by atoms with E-state index in [-0.39, 0.29) is 0 Å². The summed E-state index contributed by atoms with van der Waals surface area (Å²) in [6.07, 6.45) is 4.20. The number of fused-ring (bicyclic) bond motifs is 3. The van der Waals surface area contributed by atoms with Crippen molar-refractivity contribution in [2.24, 2.45) is 0 Å². The van der Waals surface area contributed by atoms with Crippen LogP contribution >= 0.6 is 11.3 Å². The number of hydrogen-bond acceptors (Lipinski definition) is 5. The molecule has 4 aromatic rings. The number of anilines is 1. The molecule has 0 saturated heterocycles. The van der Waals surface area contributed by atoms with E-state index in [2.05, 4.69) is 44.8 Å². The number of aryl methyl sites for hydroxylation is 1. The molecule has 6 heteroatoms. The highest BCUT2D eigenvalue weighted by atomic mass is 32.1. The Morgan fingerprint density at radius 3 is 2.79 bits per heavy atom. The van der Waals surface area contributed by atoms with Gasteiger partial charge in [-0.3, -0.25) is 10.1 Å². The van der Waals surface area contributed by atoms with Crippen molar-refractivity contribution in [2.45, 2.75) is 13.3 Å². The molecule has 5 rings (SSSR count). The number of thiophene rings is 1. The van der Waals surface area contributed by atoms with E-state index in [0.29, 0.717) is 0 Å². The van der Waals surface area contributed by atoms with Gasteiger partial charge in [-0.1, -0.05) is 18.2 Å². The number of aromatic amines is 1. The minimum absolute atomic E-state index is 0.869. The van der Waals surface area contributed by atoms with Crippen molar-refractivity contribution < 1.29 is 0 Å². The van der Waals surface area contributed by atoms with E-state index in [0.717, 1.165) is 45.9 Å². The van der Waals surface area contributed by atoms with Crippen LogP contribution in [0.3, 0.4) is 0 Å². The Balaban J connectivity index is 1.54. The molecule has 0 aliphatic heterocycles. The van der Waals surface area contributed by atoms with Gasteiger partial charge in [-0.25, -0.2) is 0 Å². The summed E-state index contributed by atoms with van der Waals surface area (Å²) >= 11 is 1.83. The van der Waals surface area contributed by atoms with Crippen LogP contribution in [0.4, 0.5) is 5.69 Å². The molecule has 0 bridgehead atoms. The Labute approximate surface area is 167 Å². The summed E-state index contributed by atoms with van der Waals surface area (Å²) in [5.41, 5.74) is 9.67. The summed E-state index contributed by atoms with van der Waals surface area (Å²) < 4.78 is 0. The monoisotopic (exact) mass is 385 g/mol. The molecule has 138 valence electrons. The smallest absolute Gasteiger partial charge is 0.0963 e. The number of pyridine rings is 1. The van der Waals surface area contributed by atoms with Gasteiger partial charge in [0.25, 0.3) is 0 Å². The van der Waals surface area contributed by atoms with Crippen molar-refractivity contribution in [2.75, 3.05) is 12.4 Å². The van der Waals surface area contributed by atoms with Crippen molar-refractivity contribution in [3.8, 4) is 33.0 Å². The maximum Gasteiger partial charge on any atom is 0.0963 e. The molecule has 1 aliphatic carbocycles. The number of aromatic nitrogens is 3. The van der Waals surface area contributed by atoms with Crippen LogP contribution < -0.4 is 5.32 Å². The van der Waals surface area contributed by atoms with E-state index in [1.54, 1.807) is 0 Å². The Bertz CT molecular complexity index is 1200. The molecule has 0 amide bonds. The number of rotatable bonds is 4. The highest BCUT2D eigenvalue weighted by Crippen LogP contribution is 2.46. The maximum absolute atomic E-state index is 7.54. The van der Waals surface area contributed by atoms with E-state index in [9.17, 15) is 0 Å². The van der Waals surface area contributed by atoms with Gasteiger partial charge in [0.05, 0.1) is 11.4 Å². The van der Waals surface area contributed by atoms with Gasteiger partial charge in [-0.15, -0.1) is 11.3 Å². The average molecular weight is 385 g/mol. The number of benzene rings is 1. The first kappa shape index (κ1) is 16.9. The van der Waals surface area contributed by atoms with Crippen molar-refractivity contribution in [3.05, 3.63) is 64.3 Å². The van der Waals surface area contributed by atoms with E-state index < -0.39 is 0 Å². The molecule has 1 aliphatic rings. The van der Waals surface area contributed by atoms with E-state index in [1.807, 2.05) is 43.6 Å². The molecule has 0 saturated carbocycles. The summed E-state index contributed by atoms with van der Waals surface area (Å²) in [7, 11) is 1.88. The van der Waals surface area contributed by atoms with Crippen molar-refractivity contribution in [3.63, 3.8) is 0 Å². The van der Waals surface area contributed by atoms with Crippen molar-refractivity contribution >= 4 is 23.2 Å². The molecule has 3 aromatic heterocycles. The molecule has 0 radical (unpaired) electrons. The summed E-state index contributed by atoms with van der Waals surface area (Å²) in [4.78, 5) is 7.03. The largest absolute Gasteiger partial charge is 0.388 e. The van der Waals surface area contributed by atoms with Gasteiger partial charge in [0.15, 0.2) is 0 Å². The molecule has 28 heavy (non-hydrogen) atoms. The fraction of sp³-hybridized carbons (Fsp3) is 0.136. The van der Waals surface area contributed by atoms with Crippen LogP contribution in [-0.4, -0.2) is 28.4 Å². The van der Waals surface area contributed by atoms with Crippen LogP contribution in [0.15, 0.2) is 42.6 Å². The second-order valence-electron chi connectivity index (χ2n) is 6.93. The number of nitrogens with one attached hydrogen (secondary N) is 3. The number of hydrogen-bond donors (Lipinski definition) is 3. The first-order chi connectivity index (χ1) is 13.7. The standard InChI is InChI=1S/C22H19N5S/c1-12-3-4-15(11-25-12)19-8-16-20(28-19)9-17-21(26-27-22(16)17)13-5-6-14(10-23)18(7-13)24-2/h3-8,10-11,23-24H,9H2,1-2H3,(H,26,27). The van der Waals surface area contributed by atoms with Gasteiger partial charge in [0.2, 0.25) is 0 Å². The van der Waals surface area contributed by atoms with Crippen LogP contribution in [0.25, 0.3) is 33.0 Å². The van der Waals surface area contributed by atoms with Gasteiger partial charge in [0, 0.05) is 74.8 Å². The van der Waals surface area contributed by atoms with Gasteiger partial charge >= 0.3 is 0 Å². The Morgan fingerprint density at radius 2 is 2.04 bits per heavy atom. The van der Waals surface area contributed by atoms with Crippen LogP contribution in [0.5, 0.6) is 0 Å². The number of H-pyrrole nitrogens is 1. The highest BCUT2D eigenvalue weighted by Gasteiger charge is 2.28. The normalized spacial score (nSPS) is 11.9. The second-order valence-corrected chi connectivity index (χ2v) is 8.07. The van der Waals surface area contributed by atoms with E-state index >= 15 is 0 Å². The lowest BCUT2D eigenvalue weighted by Gasteiger charge is -2.07. The zero-order valence-corrected chi connectivity index (χ0v) is 16.4. The van der Waals surface area contributed by atoms with Crippen LogP contribution in [-0.2, 0) is 6.42 Å². The molecule has 0 fully saturated rings. The van der Waals surface area contributed by atoms with Crippen molar-refractivity contribution in [1.82, 2.24) is 15.2 Å². The first-order valence-corrected chi connectivity index (χ1v) is 9.95. The molecule has 5 nitrogen and oxygen atoms in total. The Hall–Kier alpha value is -3.25. The Kier molecular flexibility index (Phi) is 3.87. The van der Waals surface area contributed by atoms with Gasteiger partial charge in [0.1, 0.15) is 0 Å². The van der Waals surface area contributed by atoms with Crippen LogP contribution in [0.2, 0.25) is 0 Å². The number of nitrogens with zero attached hydrogens (tertiary/aromatic N) is 2. The van der Waals surface area contributed by atoms with Crippen LogP contribution in [0, 0.1) is 12.3 Å². The van der Waals surface area contributed by atoms with Gasteiger partial charge in [-0.05, 0) is 25.1 Å². The molecular weight excluding hydrogens is 366 g/mol. The molecule has 3 N–H and O–H groups in total. The quantitative estimate of drug-likeness (QED) is 0.376. The lowest BCUT2D eigenvalue weighted by atomic mass is 10.0.